The van der Waals surface area contributed by atoms with Crippen molar-refractivity contribution in [2.45, 2.75) is 32.2 Å². The molecule has 0 aliphatic rings. The topological polar surface area (TPSA) is 76.1 Å². The van der Waals surface area contributed by atoms with E-state index in [0.29, 0.717) is 28.9 Å². The van der Waals surface area contributed by atoms with Crippen molar-refractivity contribution in [1.29, 1.82) is 0 Å². The van der Waals surface area contributed by atoms with Crippen LogP contribution in [0.15, 0.2) is 83.7 Å². The van der Waals surface area contributed by atoms with E-state index in [1.54, 1.807) is 10.6 Å². The molecule has 6 nitrogen and oxygen atoms in total. The van der Waals surface area contributed by atoms with Gasteiger partial charge in [-0.15, -0.1) is 0 Å². The van der Waals surface area contributed by atoms with Crippen LogP contribution in [0.5, 0.6) is 11.5 Å². The van der Waals surface area contributed by atoms with E-state index in [1.165, 1.54) is 0 Å². The molecule has 2 N–H and O–H groups in total. The SMILES string of the molecule is O=C(CCCCCn1c(=S)[nH]c2ccccc2c1=O)Nc1ccc(Oc2ccccc2)cc1. The average molecular weight is 460 g/mol. The third-order valence-electron chi connectivity index (χ3n) is 5.29. The molecular weight excluding hydrogens is 434 g/mol. The zero-order chi connectivity index (χ0) is 23.0. The van der Waals surface area contributed by atoms with Gasteiger partial charge in [0.25, 0.3) is 5.56 Å². The maximum atomic E-state index is 12.7. The van der Waals surface area contributed by atoms with Crippen molar-refractivity contribution in [3.63, 3.8) is 0 Å². The Labute approximate surface area is 196 Å². The van der Waals surface area contributed by atoms with Crippen LogP contribution >= 0.6 is 12.2 Å². The van der Waals surface area contributed by atoms with E-state index in [1.807, 2.05) is 72.8 Å². The maximum Gasteiger partial charge on any atom is 0.262 e. The molecule has 7 heteroatoms. The van der Waals surface area contributed by atoms with Gasteiger partial charge in [-0.1, -0.05) is 36.8 Å². The smallest absolute Gasteiger partial charge is 0.262 e. The van der Waals surface area contributed by atoms with E-state index in [4.69, 9.17) is 17.0 Å². The summed E-state index contributed by atoms with van der Waals surface area (Å²) in [6.07, 6.45) is 2.75. The normalized spacial score (nSPS) is 10.8. The largest absolute Gasteiger partial charge is 0.457 e. The molecule has 4 aromatic rings. The molecule has 0 atom stereocenters. The summed E-state index contributed by atoms with van der Waals surface area (Å²) in [5.74, 6) is 1.44. The highest BCUT2D eigenvalue weighted by Crippen LogP contribution is 2.22. The number of ether oxygens (including phenoxy) is 1. The number of amides is 1. The Bertz CT molecular complexity index is 1350. The Morgan fingerprint density at radius 1 is 0.879 bits per heavy atom. The van der Waals surface area contributed by atoms with Crippen molar-refractivity contribution in [2.24, 2.45) is 0 Å². The lowest BCUT2D eigenvalue weighted by Crippen LogP contribution is -2.22. The van der Waals surface area contributed by atoms with Crippen LogP contribution in [0.25, 0.3) is 10.9 Å². The lowest BCUT2D eigenvalue weighted by molar-refractivity contribution is -0.116. The molecule has 0 saturated heterocycles. The number of carbonyl (C=O) groups excluding carboxylic acids is 1. The van der Waals surface area contributed by atoms with Crippen LogP contribution in [0, 0.1) is 4.77 Å². The number of hydrogen-bond donors (Lipinski definition) is 2. The number of aromatic nitrogens is 2. The number of unbranched alkanes of at least 4 members (excludes halogenated alkanes) is 2. The van der Waals surface area contributed by atoms with E-state index in [9.17, 15) is 9.59 Å². The lowest BCUT2D eigenvalue weighted by atomic mass is 10.2. The number of H-pyrrole nitrogens is 1. The fourth-order valence-electron chi connectivity index (χ4n) is 3.59. The molecule has 3 aromatic carbocycles. The van der Waals surface area contributed by atoms with Gasteiger partial charge in [-0.05, 0) is 73.6 Å². The minimum absolute atomic E-state index is 0.0353. The summed E-state index contributed by atoms with van der Waals surface area (Å²) in [6.45, 7) is 0.531. The Morgan fingerprint density at radius 3 is 2.36 bits per heavy atom. The predicted molar refractivity (Wildman–Crippen MR) is 133 cm³/mol. The molecule has 0 fully saturated rings. The standard InChI is InChI=1S/C26H25N3O3S/c30-24(27-19-14-16-21(17-15-19)32-20-9-3-1-4-10-20)13-5-2-8-18-29-25(31)22-11-6-7-12-23(22)28-26(29)33/h1,3-4,6-7,9-12,14-17H,2,5,8,13,18H2,(H,27,30)(H,28,33). The minimum Gasteiger partial charge on any atom is -0.457 e. The summed E-state index contributed by atoms with van der Waals surface area (Å²) in [5.41, 5.74) is 1.40. The second kappa shape index (κ2) is 10.7. The molecule has 168 valence electrons. The number of anilines is 1. The first-order chi connectivity index (χ1) is 16.1. The van der Waals surface area contributed by atoms with E-state index < -0.39 is 0 Å². The highest BCUT2D eigenvalue weighted by atomic mass is 32.1. The number of carbonyl (C=O) groups is 1. The highest BCUT2D eigenvalue weighted by Gasteiger charge is 2.06. The quantitative estimate of drug-likeness (QED) is 0.236. The summed E-state index contributed by atoms with van der Waals surface area (Å²) < 4.78 is 7.78. The van der Waals surface area contributed by atoms with Gasteiger partial charge in [0.05, 0.1) is 10.9 Å². The first kappa shape index (κ1) is 22.5. The molecule has 0 spiro atoms. The molecule has 1 aromatic heterocycles. The number of hydrogen-bond acceptors (Lipinski definition) is 4. The first-order valence-corrected chi connectivity index (χ1v) is 11.4. The van der Waals surface area contributed by atoms with Gasteiger partial charge >= 0.3 is 0 Å². The molecule has 1 amide bonds. The Balaban J connectivity index is 1.21. The number of rotatable bonds is 9. The van der Waals surface area contributed by atoms with E-state index in [0.717, 1.165) is 36.2 Å². The van der Waals surface area contributed by atoms with Crippen molar-refractivity contribution in [3.05, 3.63) is 94.0 Å². The molecule has 0 aliphatic carbocycles. The summed E-state index contributed by atoms with van der Waals surface area (Å²) in [6, 6.07) is 24.2. The number of nitrogens with zero attached hydrogens (tertiary/aromatic N) is 1. The molecule has 1 heterocycles. The molecule has 0 saturated carbocycles. The third-order valence-corrected chi connectivity index (χ3v) is 5.61. The van der Waals surface area contributed by atoms with Crippen LogP contribution < -0.4 is 15.6 Å². The second-order valence-electron chi connectivity index (χ2n) is 7.73. The van der Waals surface area contributed by atoms with Gasteiger partial charge in [-0.2, -0.15) is 0 Å². The van der Waals surface area contributed by atoms with Crippen LogP contribution in [-0.4, -0.2) is 15.5 Å². The lowest BCUT2D eigenvalue weighted by Gasteiger charge is -2.09. The Morgan fingerprint density at radius 2 is 1.58 bits per heavy atom. The second-order valence-corrected chi connectivity index (χ2v) is 8.12. The fraction of sp³-hybridized carbons (Fsp3) is 0.192. The van der Waals surface area contributed by atoms with Crippen molar-refractivity contribution < 1.29 is 9.53 Å². The number of aromatic amines is 1. The average Bonchev–Trinajstić information content (AvgIpc) is 2.82. The van der Waals surface area contributed by atoms with Crippen LogP contribution in [-0.2, 0) is 11.3 Å². The molecule has 0 aliphatic heterocycles. The molecule has 0 radical (unpaired) electrons. The van der Waals surface area contributed by atoms with Crippen molar-refractivity contribution in [2.75, 3.05) is 5.32 Å². The minimum atomic E-state index is -0.0771. The van der Waals surface area contributed by atoms with Crippen LogP contribution in [0.1, 0.15) is 25.7 Å². The summed E-state index contributed by atoms with van der Waals surface area (Å²) in [4.78, 5) is 28.0. The molecule has 33 heavy (non-hydrogen) atoms. The summed E-state index contributed by atoms with van der Waals surface area (Å²) >= 11 is 5.34. The van der Waals surface area contributed by atoms with Gasteiger partial charge in [0.1, 0.15) is 11.5 Å². The van der Waals surface area contributed by atoms with Crippen molar-refractivity contribution in [3.8, 4) is 11.5 Å². The Hall–Kier alpha value is -3.71. The van der Waals surface area contributed by atoms with Gasteiger partial charge < -0.3 is 15.0 Å². The molecular formula is C26H25N3O3S. The van der Waals surface area contributed by atoms with Gasteiger partial charge in [-0.3, -0.25) is 14.2 Å². The first-order valence-electron chi connectivity index (χ1n) is 10.9. The van der Waals surface area contributed by atoms with E-state index in [-0.39, 0.29) is 11.5 Å². The zero-order valence-electron chi connectivity index (χ0n) is 18.1. The maximum absolute atomic E-state index is 12.7. The van der Waals surface area contributed by atoms with Crippen molar-refractivity contribution >= 4 is 34.7 Å². The van der Waals surface area contributed by atoms with Gasteiger partial charge in [0.2, 0.25) is 5.91 Å². The zero-order valence-corrected chi connectivity index (χ0v) is 18.9. The highest BCUT2D eigenvalue weighted by molar-refractivity contribution is 7.71. The molecule has 0 bridgehead atoms. The fourth-order valence-corrected chi connectivity index (χ4v) is 3.87. The monoisotopic (exact) mass is 459 g/mol. The number of nitrogens with one attached hydrogen (secondary N) is 2. The van der Waals surface area contributed by atoms with E-state index >= 15 is 0 Å². The Kier molecular flexibility index (Phi) is 7.32. The molecule has 0 unspecified atom stereocenters. The van der Waals surface area contributed by atoms with Crippen LogP contribution in [0.4, 0.5) is 5.69 Å². The van der Waals surface area contributed by atoms with E-state index in [2.05, 4.69) is 10.3 Å². The molecule has 4 rings (SSSR count). The summed E-state index contributed by atoms with van der Waals surface area (Å²) in [7, 11) is 0. The van der Waals surface area contributed by atoms with Crippen LogP contribution in [0.2, 0.25) is 0 Å². The van der Waals surface area contributed by atoms with Gasteiger partial charge in [0.15, 0.2) is 4.77 Å². The van der Waals surface area contributed by atoms with Crippen LogP contribution in [0.3, 0.4) is 0 Å². The van der Waals surface area contributed by atoms with Gasteiger partial charge in [0, 0.05) is 18.7 Å². The summed E-state index contributed by atoms with van der Waals surface area (Å²) in [5, 5.41) is 3.54. The number of fused-ring (bicyclic) bond motifs is 1. The van der Waals surface area contributed by atoms with Gasteiger partial charge in [-0.25, -0.2) is 0 Å². The predicted octanol–water partition coefficient (Wildman–Crippen LogP) is 6.05. The number of benzene rings is 3. The number of para-hydroxylation sites is 2. The third kappa shape index (κ3) is 5.96. The van der Waals surface area contributed by atoms with Crippen molar-refractivity contribution in [1.82, 2.24) is 9.55 Å².